The van der Waals surface area contributed by atoms with Crippen LogP contribution in [0.25, 0.3) is 0 Å². The number of hydrogen-bond acceptors (Lipinski definition) is 3. The summed E-state index contributed by atoms with van der Waals surface area (Å²) in [6, 6.07) is -0.0233. The van der Waals surface area contributed by atoms with Crippen LogP contribution in [0.1, 0.15) is 30.3 Å². The maximum atomic E-state index is 12.4. The van der Waals surface area contributed by atoms with Gasteiger partial charge in [0, 0.05) is 24.8 Å². The Kier molecular flexibility index (Phi) is 3.94. The molecule has 5 nitrogen and oxygen atoms in total. The van der Waals surface area contributed by atoms with Gasteiger partial charge in [-0.15, -0.1) is 0 Å². The normalized spacial score (nSPS) is 23.1. The molecule has 1 N–H and O–H groups in total. The lowest BCUT2D eigenvalue weighted by atomic mass is 10.0. The van der Waals surface area contributed by atoms with Crippen molar-refractivity contribution in [3.05, 3.63) is 17.0 Å². The number of aliphatic hydroxyl groups excluding tert-OH is 1. The van der Waals surface area contributed by atoms with E-state index in [0.717, 1.165) is 29.9 Å². The van der Waals surface area contributed by atoms with E-state index in [4.69, 9.17) is 0 Å². The highest BCUT2D eigenvalue weighted by molar-refractivity contribution is 5.80. The van der Waals surface area contributed by atoms with Crippen LogP contribution in [0, 0.1) is 19.8 Å². The Hall–Kier alpha value is -1.36. The molecule has 2 heterocycles. The van der Waals surface area contributed by atoms with Gasteiger partial charge in [0.05, 0.1) is 24.8 Å². The first-order valence-corrected chi connectivity index (χ1v) is 6.85. The first-order valence-electron chi connectivity index (χ1n) is 6.85. The van der Waals surface area contributed by atoms with Crippen molar-refractivity contribution in [3.63, 3.8) is 0 Å². The van der Waals surface area contributed by atoms with E-state index in [9.17, 15) is 9.90 Å². The maximum Gasteiger partial charge on any atom is 0.227 e. The lowest BCUT2D eigenvalue weighted by Crippen LogP contribution is -2.40. The van der Waals surface area contributed by atoms with Gasteiger partial charge in [-0.05, 0) is 26.2 Å². The molecule has 1 fully saturated rings. The van der Waals surface area contributed by atoms with E-state index in [1.54, 1.807) is 0 Å². The Bertz CT molecular complexity index is 481. The van der Waals surface area contributed by atoms with E-state index >= 15 is 0 Å². The zero-order valence-corrected chi connectivity index (χ0v) is 12.2. The van der Waals surface area contributed by atoms with Gasteiger partial charge in [0.15, 0.2) is 0 Å². The predicted octanol–water partition coefficient (Wildman–Crippen LogP) is 0.809. The minimum atomic E-state index is -0.0233. The topological polar surface area (TPSA) is 58.4 Å². The summed E-state index contributed by atoms with van der Waals surface area (Å²) < 4.78 is 1.81. The van der Waals surface area contributed by atoms with Gasteiger partial charge in [0.25, 0.3) is 0 Å². The van der Waals surface area contributed by atoms with Crippen molar-refractivity contribution in [1.82, 2.24) is 14.7 Å². The number of rotatable bonds is 3. The Morgan fingerprint density at radius 1 is 1.47 bits per heavy atom. The molecular weight excluding hydrogens is 242 g/mol. The van der Waals surface area contributed by atoms with Gasteiger partial charge in [-0.3, -0.25) is 9.48 Å². The number of likely N-dealkylation sites (tertiary alicyclic amines) is 1. The lowest BCUT2D eigenvalue weighted by molar-refractivity contribution is -0.132. The van der Waals surface area contributed by atoms with E-state index in [0.29, 0.717) is 12.3 Å². The van der Waals surface area contributed by atoms with Crippen molar-refractivity contribution in [3.8, 4) is 0 Å². The monoisotopic (exact) mass is 265 g/mol. The number of carbonyl (C=O) groups is 1. The summed E-state index contributed by atoms with van der Waals surface area (Å²) in [6.07, 6.45) is 1.36. The summed E-state index contributed by atoms with van der Waals surface area (Å²) in [5.41, 5.74) is 2.98. The lowest BCUT2D eigenvalue weighted by Gasteiger charge is -2.25. The highest BCUT2D eigenvalue weighted by Gasteiger charge is 2.34. The van der Waals surface area contributed by atoms with E-state index in [1.807, 2.05) is 30.5 Å². The third kappa shape index (κ3) is 2.52. The molecule has 106 valence electrons. The summed E-state index contributed by atoms with van der Waals surface area (Å²) in [6.45, 7) is 6.82. The van der Waals surface area contributed by atoms with E-state index in [1.165, 1.54) is 0 Å². The fraction of sp³-hybridized carbons (Fsp3) is 0.714. The molecular formula is C14H23N3O2. The molecule has 0 saturated carbocycles. The van der Waals surface area contributed by atoms with Crippen molar-refractivity contribution >= 4 is 5.91 Å². The molecule has 0 radical (unpaired) electrons. The highest BCUT2D eigenvalue weighted by Crippen LogP contribution is 2.25. The molecule has 1 aromatic heterocycles. The van der Waals surface area contributed by atoms with Gasteiger partial charge in [0.2, 0.25) is 5.91 Å². The molecule has 2 unspecified atom stereocenters. The van der Waals surface area contributed by atoms with E-state index < -0.39 is 0 Å². The number of amides is 1. The molecule has 0 aromatic carbocycles. The molecule has 1 aliphatic rings. The maximum absolute atomic E-state index is 12.4. The average molecular weight is 265 g/mol. The summed E-state index contributed by atoms with van der Waals surface area (Å²) in [4.78, 5) is 14.3. The van der Waals surface area contributed by atoms with Gasteiger partial charge in [0.1, 0.15) is 0 Å². The SMILES string of the molecule is Cc1nn(C)c(C)c1CC(=O)N1CCC(C)C1CO. The summed E-state index contributed by atoms with van der Waals surface area (Å²) >= 11 is 0. The van der Waals surface area contributed by atoms with Crippen LogP contribution < -0.4 is 0 Å². The number of nitrogens with zero attached hydrogens (tertiary/aromatic N) is 3. The fourth-order valence-electron chi connectivity index (χ4n) is 2.92. The van der Waals surface area contributed by atoms with Crippen molar-refractivity contribution in [2.75, 3.05) is 13.2 Å². The third-order valence-corrected chi connectivity index (χ3v) is 4.38. The average Bonchev–Trinajstić information content (AvgIpc) is 2.84. The standard InChI is InChI=1S/C14H23N3O2/c1-9-5-6-17(13(9)8-18)14(19)7-12-10(2)15-16(4)11(12)3/h9,13,18H,5-8H2,1-4H3. The quantitative estimate of drug-likeness (QED) is 0.880. The summed E-state index contributed by atoms with van der Waals surface area (Å²) in [7, 11) is 1.89. The van der Waals surface area contributed by atoms with Crippen LogP contribution in [0.4, 0.5) is 0 Å². The van der Waals surface area contributed by atoms with Crippen LogP contribution in [-0.4, -0.2) is 44.9 Å². The zero-order valence-electron chi connectivity index (χ0n) is 12.2. The zero-order chi connectivity index (χ0) is 14.2. The number of aromatic nitrogens is 2. The highest BCUT2D eigenvalue weighted by atomic mass is 16.3. The van der Waals surface area contributed by atoms with Crippen LogP contribution in [-0.2, 0) is 18.3 Å². The van der Waals surface area contributed by atoms with Crippen LogP contribution >= 0.6 is 0 Å². The molecule has 2 atom stereocenters. The first-order chi connectivity index (χ1) is 8.95. The second kappa shape index (κ2) is 5.33. The molecule has 19 heavy (non-hydrogen) atoms. The van der Waals surface area contributed by atoms with Crippen LogP contribution in [0.3, 0.4) is 0 Å². The van der Waals surface area contributed by atoms with Gasteiger partial charge in [-0.2, -0.15) is 5.10 Å². The van der Waals surface area contributed by atoms with Crippen molar-refractivity contribution in [2.24, 2.45) is 13.0 Å². The molecule has 1 amide bonds. The third-order valence-electron chi connectivity index (χ3n) is 4.38. The number of hydrogen-bond donors (Lipinski definition) is 1. The minimum Gasteiger partial charge on any atom is -0.394 e. The van der Waals surface area contributed by atoms with Crippen LogP contribution in [0.5, 0.6) is 0 Å². The smallest absolute Gasteiger partial charge is 0.227 e. The minimum absolute atomic E-state index is 0.0233. The van der Waals surface area contributed by atoms with Crippen LogP contribution in [0.2, 0.25) is 0 Å². The second-order valence-corrected chi connectivity index (χ2v) is 5.55. The predicted molar refractivity (Wildman–Crippen MR) is 72.8 cm³/mol. The Morgan fingerprint density at radius 2 is 2.16 bits per heavy atom. The molecule has 0 bridgehead atoms. The van der Waals surface area contributed by atoms with Crippen molar-refractivity contribution in [1.29, 1.82) is 0 Å². The Balaban J connectivity index is 2.13. The molecule has 0 aliphatic carbocycles. The Morgan fingerprint density at radius 3 is 2.68 bits per heavy atom. The van der Waals surface area contributed by atoms with E-state index in [-0.39, 0.29) is 18.6 Å². The molecule has 5 heteroatoms. The molecule has 1 aromatic rings. The summed E-state index contributed by atoms with van der Waals surface area (Å²) in [5, 5.41) is 13.8. The van der Waals surface area contributed by atoms with Gasteiger partial charge in [-0.25, -0.2) is 0 Å². The molecule has 2 rings (SSSR count). The van der Waals surface area contributed by atoms with E-state index in [2.05, 4.69) is 12.0 Å². The number of aryl methyl sites for hydroxylation is 2. The van der Waals surface area contributed by atoms with Gasteiger partial charge >= 0.3 is 0 Å². The molecule has 0 spiro atoms. The molecule has 1 aliphatic heterocycles. The van der Waals surface area contributed by atoms with Gasteiger partial charge in [-0.1, -0.05) is 6.92 Å². The second-order valence-electron chi connectivity index (χ2n) is 5.55. The Labute approximate surface area is 114 Å². The van der Waals surface area contributed by atoms with Gasteiger partial charge < -0.3 is 10.0 Å². The number of aliphatic hydroxyl groups is 1. The van der Waals surface area contributed by atoms with Crippen molar-refractivity contribution < 1.29 is 9.90 Å². The number of carbonyl (C=O) groups excluding carboxylic acids is 1. The van der Waals surface area contributed by atoms with Crippen LogP contribution in [0.15, 0.2) is 0 Å². The first kappa shape index (κ1) is 14.1. The largest absolute Gasteiger partial charge is 0.394 e. The summed E-state index contributed by atoms with van der Waals surface area (Å²) in [5.74, 6) is 0.479. The molecule has 1 saturated heterocycles. The van der Waals surface area contributed by atoms with Crippen molar-refractivity contribution in [2.45, 2.75) is 39.7 Å². The fourth-order valence-corrected chi connectivity index (χ4v) is 2.92.